The fourth-order valence-corrected chi connectivity index (χ4v) is 12.2. The van der Waals surface area contributed by atoms with Crippen molar-refractivity contribution in [1.82, 2.24) is 0 Å². The number of benzene rings is 9. The third-order valence-corrected chi connectivity index (χ3v) is 16.6. The van der Waals surface area contributed by atoms with Gasteiger partial charge in [0.2, 0.25) is 13.4 Å². The number of nitrogens with zero attached hydrogens (tertiary/aromatic N) is 3. The molecule has 0 spiro atoms. The average Bonchev–Trinajstić information content (AvgIpc) is 3.39. The Balaban J connectivity index is 1.26. The van der Waals surface area contributed by atoms with Gasteiger partial charge in [0.15, 0.2) is 0 Å². The Morgan fingerprint density at radius 3 is 0.871 bits per heavy atom. The van der Waals surface area contributed by atoms with Crippen LogP contribution >= 0.6 is 0 Å². The lowest BCUT2D eigenvalue weighted by Gasteiger charge is -2.45. The molecule has 0 atom stereocenters. The number of hydrogen-bond acceptors (Lipinski definition) is 3. The van der Waals surface area contributed by atoms with Gasteiger partial charge in [0, 0.05) is 51.2 Å². The van der Waals surface area contributed by atoms with Crippen LogP contribution in [0.15, 0.2) is 170 Å². The van der Waals surface area contributed by atoms with E-state index in [2.05, 4.69) is 261 Å². The number of rotatable bonds is 8. The van der Waals surface area contributed by atoms with Crippen LogP contribution in [0.25, 0.3) is 0 Å². The molecule has 3 nitrogen and oxygen atoms in total. The van der Waals surface area contributed by atoms with E-state index in [1.54, 1.807) is 0 Å². The van der Waals surface area contributed by atoms with Gasteiger partial charge in [0.05, 0.1) is 0 Å². The van der Waals surface area contributed by atoms with E-state index in [9.17, 15) is 0 Å². The fourth-order valence-electron chi connectivity index (χ4n) is 12.2. The molecule has 0 unspecified atom stereocenters. The van der Waals surface area contributed by atoms with Gasteiger partial charge in [0.1, 0.15) is 0 Å². The van der Waals surface area contributed by atoms with Crippen LogP contribution in [-0.2, 0) is 0 Å². The van der Waals surface area contributed by atoms with E-state index in [1.807, 2.05) is 0 Å². The molecule has 0 aliphatic carbocycles. The van der Waals surface area contributed by atoms with Crippen molar-refractivity contribution in [2.45, 2.75) is 76.2 Å². The third-order valence-electron chi connectivity index (χ3n) is 16.6. The topological polar surface area (TPSA) is 9.72 Å². The first-order valence-corrected chi connectivity index (χ1v) is 25.0. The Labute approximate surface area is 417 Å². The molecule has 0 N–H and O–H groups in total. The molecule has 0 amide bonds. The zero-order valence-electron chi connectivity index (χ0n) is 42.7. The Hall–Kier alpha value is -7.49. The number of para-hydroxylation sites is 4. The molecule has 2 aliphatic heterocycles. The zero-order valence-corrected chi connectivity index (χ0v) is 42.7. The largest absolute Gasteiger partial charge is 0.313 e. The first-order chi connectivity index (χ1) is 33.8. The zero-order chi connectivity index (χ0) is 48.7. The van der Waals surface area contributed by atoms with Gasteiger partial charge in [-0.1, -0.05) is 124 Å². The van der Waals surface area contributed by atoms with Gasteiger partial charge in [-0.25, -0.2) is 0 Å². The Morgan fingerprint density at radius 1 is 0.286 bits per heavy atom. The summed E-state index contributed by atoms with van der Waals surface area (Å²) in [6.45, 7) is 25.7. The maximum atomic E-state index is 2.65. The van der Waals surface area contributed by atoms with Crippen molar-refractivity contribution in [1.29, 1.82) is 0 Å². The van der Waals surface area contributed by atoms with Gasteiger partial charge < -0.3 is 14.7 Å². The van der Waals surface area contributed by atoms with Crippen molar-refractivity contribution < 1.29 is 0 Å². The fraction of sp³-hybridized carbons (Fsp3) is 0.169. The van der Waals surface area contributed by atoms with Crippen LogP contribution in [0.2, 0.25) is 0 Å². The minimum Gasteiger partial charge on any atom is -0.313 e. The summed E-state index contributed by atoms with van der Waals surface area (Å²) in [6, 6.07) is 63.0. The van der Waals surface area contributed by atoms with Crippen molar-refractivity contribution >= 4 is 97.4 Å². The lowest BCUT2D eigenvalue weighted by molar-refractivity contribution is 1.19. The first-order valence-electron chi connectivity index (χ1n) is 25.0. The molecule has 2 heterocycles. The number of hydrogen-bond donors (Lipinski definition) is 0. The van der Waals surface area contributed by atoms with Crippen LogP contribution in [0.1, 0.15) is 61.2 Å². The van der Waals surface area contributed by atoms with Crippen LogP contribution < -0.4 is 47.5 Å². The van der Waals surface area contributed by atoms with Crippen molar-refractivity contribution in [2.24, 2.45) is 0 Å². The predicted molar refractivity (Wildman–Crippen MR) is 305 cm³/mol. The summed E-state index contributed by atoms with van der Waals surface area (Å²) in [7, 11) is 0. The molecule has 0 saturated carbocycles. The van der Waals surface area contributed by atoms with E-state index in [4.69, 9.17) is 0 Å². The molecule has 342 valence electrons. The highest BCUT2D eigenvalue weighted by Crippen LogP contribution is 2.44. The summed E-state index contributed by atoms with van der Waals surface area (Å²) >= 11 is 0. The van der Waals surface area contributed by atoms with Crippen molar-refractivity contribution in [3.05, 3.63) is 231 Å². The van der Waals surface area contributed by atoms with E-state index in [-0.39, 0.29) is 13.4 Å². The van der Waals surface area contributed by atoms with E-state index in [0.717, 1.165) is 34.1 Å². The lowest BCUT2D eigenvalue weighted by atomic mass is 9.29. The highest BCUT2D eigenvalue weighted by atomic mass is 15.2. The minimum atomic E-state index is -0.0249. The Morgan fingerprint density at radius 2 is 0.571 bits per heavy atom. The molecule has 0 aromatic heterocycles. The van der Waals surface area contributed by atoms with Crippen LogP contribution in [0.3, 0.4) is 0 Å². The van der Waals surface area contributed by atoms with Crippen molar-refractivity contribution in [3.8, 4) is 0 Å². The summed E-state index contributed by atoms with van der Waals surface area (Å²) in [6.07, 6.45) is 0. The van der Waals surface area contributed by atoms with Gasteiger partial charge in [-0.3, -0.25) is 0 Å². The van der Waals surface area contributed by atoms with Crippen LogP contribution in [-0.4, -0.2) is 13.4 Å². The Kier molecular flexibility index (Phi) is 11.2. The summed E-state index contributed by atoms with van der Waals surface area (Å²) < 4.78 is 0. The maximum absolute atomic E-state index is 2.65. The highest BCUT2D eigenvalue weighted by Gasteiger charge is 2.46. The third kappa shape index (κ3) is 7.04. The second-order valence-corrected chi connectivity index (χ2v) is 20.1. The van der Waals surface area contributed by atoms with Gasteiger partial charge in [0.25, 0.3) is 0 Å². The molecule has 2 aliphatic rings. The normalized spacial score (nSPS) is 12.4. The number of anilines is 9. The van der Waals surface area contributed by atoms with Crippen LogP contribution in [0.4, 0.5) is 51.2 Å². The van der Waals surface area contributed by atoms with Crippen molar-refractivity contribution in [2.75, 3.05) is 14.7 Å². The summed E-state index contributed by atoms with van der Waals surface area (Å²) in [5, 5.41) is 0. The molecule has 0 bridgehead atoms. The predicted octanol–water partition coefficient (Wildman–Crippen LogP) is 13.1. The standard InChI is InChI=1S/C65H61B2N3/c1-40-36-59-65-60(37-40)67(64-49(10)45(6)42(3)46(7)50(64)11)58-39-56(69(53-28-20-14-21-29-53)54-30-22-15-23-31-54)33-35-62(58)70(65)61-34-32-55(68(51-24-16-12-17-25-51)52-26-18-13-19-27-52)38-57(61)66(59)63-47(8)43(4)41(2)44(5)48(63)9/h12-39H,1-11H3. The van der Waals surface area contributed by atoms with E-state index >= 15 is 0 Å². The average molecular weight is 906 g/mol. The molecule has 0 saturated heterocycles. The quantitative estimate of drug-likeness (QED) is 0.141. The van der Waals surface area contributed by atoms with E-state index in [0.29, 0.717) is 0 Å². The molecule has 0 fully saturated rings. The maximum Gasteiger partial charge on any atom is 0.247 e. The molecule has 5 heteroatoms. The summed E-state index contributed by atoms with van der Waals surface area (Å²) in [5.41, 5.74) is 33.8. The van der Waals surface area contributed by atoms with Gasteiger partial charge >= 0.3 is 0 Å². The minimum absolute atomic E-state index is 0.0249. The molecular formula is C65H61B2N3. The molecule has 9 aromatic carbocycles. The van der Waals surface area contributed by atoms with E-state index < -0.39 is 0 Å². The highest BCUT2D eigenvalue weighted by molar-refractivity contribution is 7.02. The Bertz CT molecular complexity index is 3150. The molecule has 70 heavy (non-hydrogen) atoms. The molecule has 9 aromatic rings. The monoisotopic (exact) mass is 906 g/mol. The van der Waals surface area contributed by atoms with Gasteiger partial charge in [-0.05, 0) is 216 Å². The van der Waals surface area contributed by atoms with E-state index in [1.165, 1.54) is 111 Å². The van der Waals surface area contributed by atoms with Gasteiger partial charge in [-0.2, -0.15) is 0 Å². The molecular weight excluding hydrogens is 844 g/mol. The smallest absolute Gasteiger partial charge is 0.247 e. The number of aryl methyl sites for hydroxylation is 1. The number of fused-ring (bicyclic) bond motifs is 4. The summed E-state index contributed by atoms with van der Waals surface area (Å²) in [5.74, 6) is 0. The van der Waals surface area contributed by atoms with Crippen LogP contribution in [0.5, 0.6) is 0 Å². The second kappa shape index (κ2) is 17.5. The molecule has 11 rings (SSSR count). The van der Waals surface area contributed by atoms with Crippen LogP contribution in [0, 0.1) is 76.2 Å². The lowest BCUT2D eigenvalue weighted by Crippen LogP contribution is -2.66. The first kappa shape index (κ1) is 45.0. The summed E-state index contributed by atoms with van der Waals surface area (Å²) in [4.78, 5) is 7.49. The van der Waals surface area contributed by atoms with Crippen molar-refractivity contribution in [3.63, 3.8) is 0 Å². The SMILES string of the molecule is Cc1cc2c3c(c1)B(c1c(C)c(C)c(C)c(C)c1C)c1cc(N(c4ccccc4)c4ccccc4)ccc1N3c1ccc(N(c3ccccc3)c3ccccc3)cc1B2c1c(C)c(C)c(C)c(C)c1C. The second-order valence-electron chi connectivity index (χ2n) is 20.1. The van der Waals surface area contributed by atoms with Gasteiger partial charge in [-0.15, -0.1) is 0 Å². The molecule has 0 radical (unpaired) electrons.